The maximum Gasteiger partial charge on any atom is 0.243 e. The average Bonchev–Trinajstić information content (AvgIpc) is 2.71. The fourth-order valence-electron chi connectivity index (χ4n) is 2.62. The van der Waals surface area contributed by atoms with Gasteiger partial charge in [0, 0.05) is 30.3 Å². The monoisotopic (exact) mass is 418 g/mol. The summed E-state index contributed by atoms with van der Waals surface area (Å²) in [6, 6.07) is 8.44. The van der Waals surface area contributed by atoms with Gasteiger partial charge >= 0.3 is 0 Å². The van der Waals surface area contributed by atoms with Crippen molar-refractivity contribution >= 4 is 29.3 Å². The van der Waals surface area contributed by atoms with Gasteiger partial charge in [0.2, 0.25) is 17.7 Å². The average molecular weight is 419 g/mol. The minimum absolute atomic E-state index is 0.164. The zero-order valence-corrected chi connectivity index (χ0v) is 16.4. The van der Waals surface area contributed by atoms with Crippen LogP contribution in [0.1, 0.15) is 17.5 Å². The van der Waals surface area contributed by atoms with Crippen LogP contribution in [0.5, 0.6) is 0 Å². The lowest BCUT2D eigenvalue weighted by molar-refractivity contribution is -0.131. The fraction of sp³-hybridized carbons (Fsp3) is 0.300. The number of benzene rings is 1. The highest BCUT2D eigenvalue weighted by Crippen LogP contribution is 2.11. The van der Waals surface area contributed by atoms with E-state index in [1.807, 2.05) is 12.1 Å². The first-order valence-corrected chi connectivity index (χ1v) is 9.40. The van der Waals surface area contributed by atoms with Gasteiger partial charge in [-0.1, -0.05) is 29.8 Å². The molecule has 0 aliphatic rings. The maximum atomic E-state index is 12.6. The molecule has 1 aromatic carbocycles. The lowest BCUT2D eigenvalue weighted by Gasteiger charge is -2.21. The van der Waals surface area contributed by atoms with Crippen LogP contribution >= 0.6 is 11.6 Å². The lowest BCUT2D eigenvalue weighted by atomic mass is 10.1. The first-order valence-electron chi connectivity index (χ1n) is 9.02. The number of halogens is 1. The van der Waals surface area contributed by atoms with Crippen LogP contribution in [-0.2, 0) is 27.2 Å². The number of aromatic nitrogens is 1. The van der Waals surface area contributed by atoms with Crippen LogP contribution in [0.25, 0.3) is 0 Å². The second kappa shape index (κ2) is 11.1. The molecule has 1 aromatic heterocycles. The largest absolute Gasteiger partial charge is 0.394 e. The number of primary amides is 1. The number of rotatable bonds is 10. The third-order valence-electron chi connectivity index (χ3n) is 4.21. The van der Waals surface area contributed by atoms with E-state index in [1.54, 1.807) is 36.7 Å². The number of aryl methyl sites for hydroxylation is 1. The van der Waals surface area contributed by atoms with E-state index in [9.17, 15) is 19.5 Å². The Morgan fingerprint density at radius 3 is 2.38 bits per heavy atom. The Bertz CT molecular complexity index is 830. The van der Waals surface area contributed by atoms with Crippen LogP contribution in [0, 0.1) is 0 Å². The third kappa shape index (κ3) is 7.52. The molecular weight excluding hydrogens is 396 g/mol. The van der Waals surface area contributed by atoms with Gasteiger partial charge in [-0.3, -0.25) is 19.4 Å². The zero-order valence-electron chi connectivity index (χ0n) is 15.7. The van der Waals surface area contributed by atoms with Crippen LogP contribution < -0.4 is 16.4 Å². The highest BCUT2D eigenvalue weighted by Gasteiger charge is 2.25. The molecule has 2 rings (SSSR count). The van der Waals surface area contributed by atoms with Crippen molar-refractivity contribution in [2.75, 3.05) is 6.61 Å². The normalized spacial score (nSPS) is 12.6. The maximum absolute atomic E-state index is 12.6. The van der Waals surface area contributed by atoms with Crippen molar-refractivity contribution in [1.29, 1.82) is 0 Å². The van der Waals surface area contributed by atoms with E-state index < -0.39 is 30.5 Å². The molecule has 0 aliphatic heterocycles. The smallest absolute Gasteiger partial charge is 0.243 e. The zero-order chi connectivity index (χ0) is 21.2. The standard InChI is InChI=1S/C20H23ClN4O4/c21-15-6-3-13(4-7-15)5-8-18(27)24-16(10-14-2-1-9-23-11-14)20(29)25-17(12-26)19(22)28/h1-4,6-7,9,11,16-17,26H,5,8,10,12H2,(H2,22,28)(H,24,27)(H,25,29)/t16-,17+/m1/s1. The van der Waals surface area contributed by atoms with Gasteiger partial charge in [-0.05, 0) is 35.7 Å². The molecule has 2 atom stereocenters. The molecular formula is C20H23ClN4O4. The van der Waals surface area contributed by atoms with Gasteiger partial charge in [-0.15, -0.1) is 0 Å². The molecule has 3 amide bonds. The Kier molecular flexibility index (Phi) is 8.57. The molecule has 0 radical (unpaired) electrons. The van der Waals surface area contributed by atoms with Crippen molar-refractivity contribution in [3.63, 3.8) is 0 Å². The third-order valence-corrected chi connectivity index (χ3v) is 4.46. The Morgan fingerprint density at radius 1 is 1.07 bits per heavy atom. The quantitative estimate of drug-likeness (QED) is 0.442. The van der Waals surface area contributed by atoms with Crippen molar-refractivity contribution in [3.05, 3.63) is 64.9 Å². The van der Waals surface area contributed by atoms with Gasteiger partial charge in [0.05, 0.1) is 6.61 Å². The highest BCUT2D eigenvalue weighted by molar-refractivity contribution is 6.30. The van der Waals surface area contributed by atoms with Crippen molar-refractivity contribution in [1.82, 2.24) is 15.6 Å². The number of nitrogens with zero attached hydrogens (tertiary/aromatic N) is 1. The molecule has 0 aliphatic carbocycles. The minimum atomic E-state index is -1.23. The molecule has 0 bridgehead atoms. The summed E-state index contributed by atoms with van der Waals surface area (Å²) in [5, 5.41) is 14.9. The van der Waals surface area contributed by atoms with E-state index in [0.717, 1.165) is 11.1 Å². The lowest BCUT2D eigenvalue weighted by Crippen LogP contribution is -2.54. The topological polar surface area (TPSA) is 134 Å². The predicted molar refractivity (Wildman–Crippen MR) is 108 cm³/mol. The summed E-state index contributed by atoms with van der Waals surface area (Å²) < 4.78 is 0. The number of aliphatic hydroxyl groups excluding tert-OH is 1. The van der Waals surface area contributed by atoms with Crippen LogP contribution in [0.4, 0.5) is 0 Å². The molecule has 1 heterocycles. The van der Waals surface area contributed by atoms with Crippen LogP contribution in [-0.4, -0.2) is 46.5 Å². The minimum Gasteiger partial charge on any atom is -0.394 e. The van der Waals surface area contributed by atoms with E-state index in [-0.39, 0.29) is 18.7 Å². The second-order valence-corrected chi connectivity index (χ2v) is 6.89. The SMILES string of the molecule is NC(=O)[C@H](CO)NC(=O)[C@@H](Cc1cccnc1)NC(=O)CCc1ccc(Cl)cc1. The van der Waals surface area contributed by atoms with Crippen molar-refractivity contribution < 1.29 is 19.5 Å². The van der Waals surface area contributed by atoms with E-state index in [2.05, 4.69) is 15.6 Å². The van der Waals surface area contributed by atoms with Gasteiger partial charge in [-0.25, -0.2) is 0 Å². The molecule has 9 heteroatoms. The first-order chi connectivity index (χ1) is 13.9. The molecule has 0 unspecified atom stereocenters. The summed E-state index contributed by atoms with van der Waals surface area (Å²) in [6.45, 7) is -0.634. The molecule has 0 saturated carbocycles. The molecule has 2 aromatic rings. The summed E-state index contributed by atoms with van der Waals surface area (Å²) in [6.07, 6.45) is 3.99. The van der Waals surface area contributed by atoms with Crippen molar-refractivity contribution in [3.8, 4) is 0 Å². The number of hydrogen-bond donors (Lipinski definition) is 4. The fourth-order valence-corrected chi connectivity index (χ4v) is 2.74. The number of amides is 3. The molecule has 0 fully saturated rings. The van der Waals surface area contributed by atoms with Gasteiger partial charge in [0.1, 0.15) is 12.1 Å². The summed E-state index contributed by atoms with van der Waals surface area (Å²) in [7, 11) is 0. The number of nitrogens with two attached hydrogens (primary N) is 1. The van der Waals surface area contributed by atoms with E-state index in [0.29, 0.717) is 11.4 Å². The van der Waals surface area contributed by atoms with E-state index in [1.165, 1.54) is 0 Å². The van der Waals surface area contributed by atoms with Gasteiger partial charge in [0.15, 0.2) is 0 Å². The number of aliphatic hydroxyl groups is 1. The Balaban J connectivity index is 2.03. The molecule has 8 nitrogen and oxygen atoms in total. The number of carbonyl (C=O) groups excluding carboxylic acids is 3. The number of nitrogens with one attached hydrogen (secondary N) is 2. The Labute approximate surface area is 173 Å². The Morgan fingerprint density at radius 2 is 1.79 bits per heavy atom. The summed E-state index contributed by atoms with van der Waals surface area (Å²) in [5.41, 5.74) is 6.82. The molecule has 0 saturated heterocycles. The van der Waals surface area contributed by atoms with Crippen LogP contribution in [0.3, 0.4) is 0 Å². The molecule has 0 spiro atoms. The number of carbonyl (C=O) groups is 3. The van der Waals surface area contributed by atoms with Crippen molar-refractivity contribution in [2.45, 2.75) is 31.3 Å². The predicted octanol–water partition coefficient (Wildman–Crippen LogP) is 0.358. The van der Waals surface area contributed by atoms with Gasteiger partial charge < -0.3 is 21.5 Å². The summed E-state index contributed by atoms with van der Waals surface area (Å²) in [5.74, 6) is -1.81. The second-order valence-electron chi connectivity index (χ2n) is 6.46. The summed E-state index contributed by atoms with van der Waals surface area (Å²) >= 11 is 5.85. The summed E-state index contributed by atoms with van der Waals surface area (Å²) in [4.78, 5) is 40.3. The first kappa shape index (κ1) is 22.3. The van der Waals surface area contributed by atoms with Gasteiger partial charge in [-0.2, -0.15) is 0 Å². The number of pyridine rings is 1. The molecule has 29 heavy (non-hydrogen) atoms. The molecule has 5 N–H and O–H groups in total. The highest BCUT2D eigenvalue weighted by atomic mass is 35.5. The van der Waals surface area contributed by atoms with Crippen LogP contribution in [0.2, 0.25) is 5.02 Å². The number of hydrogen-bond acceptors (Lipinski definition) is 5. The van der Waals surface area contributed by atoms with Crippen molar-refractivity contribution in [2.24, 2.45) is 5.73 Å². The van der Waals surface area contributed by atoms with Crippen LogP contribution in [0.15, 0.2) is 48.8 Å². The van der Waals surface area contributed by atoms with E-state index in [4.69, 9.17) is 17.3 Å². The van der Waals surface area contributed by atoms with Gasteiger partial charge in [0.25, 0.3) is 0 Å². The Hall–Kier alpha value is -2.97. The molecule has 154 valence electrons. The van der Waals surface area contributed by atoms with E-state index >= 15 is 0 Å².